The fraction of sp³-hybridized carbons (Fsp3) is 0.538. The Morgan fingerprint density at radius 2 is 2.06 bits per heavy atom. The van der Waals surface area contributed by atoms with Gasteiger partial charge in [-0.25, -0.2) is 0 Å². The molecule has 1 aromatic carbocycles. The number of hydrogen-bond donors (Lipinski definition) is 0. The van der Waals surface area contributed by atoms with Crippen LogP contribution >= 0.6 is 0 Å². The first-order valence-corrected chi connectivity index (χ1v) is 6.00. The lowest BCUT2D eigenvalue weighted by atomic mass is 9.84. The van der Waals surface area contributed by atoms with E-state index in [2.05, 4.69) is 4.90 Å². The normalized spacial score (nSPS) is 23.5. The summed E-state index contributed by atoms with van der Waals surface area (Å²) in [5.41, 5.74) is 0.873. The highest BCUT2D eigenvalue weighted by Gasteiger charge is 2.38. The molecule has 1 fully saturated rings. The van der Waals surface area contributed by atoms with Gasteiger partial charge in [0.2, 0.25) is 0 Å². The number of alkyl halides is 3. The molecular formula is C13H14F3N. The van der Waals surface area contributed by atoms with Crippen molar-refractivity contribution in [3.63, 3.8) is 0 Å². The third kappa shape index (κ3) is 1.79. The van der Waals surface area contributed by atoms with Crippen LogP contribution in [0.2, 0.25) is 0 Å². The van der Waals surface area contributed by atoms with Gasteiger partial charge in [-0.2, -0.15) is 13.2 Å². The van der Waals surface area contributed by atoms with Crippen molar-refractivity contribution in [1.82, 2.24) is 0 Å². The van der Waals surface area contributed by atoms with Crippen LogP contribution in [-0.4, -0.2) is 13.1 Å². The van der Waals surface area contributed by atoms with Crippen molar-refractivity contribution >= 4 is 5.69 Å². The number of piperidine rings is 1. The third-order valence-corrected chi connectivity index (χ3v) is 3.81. The standard InChI is InChI=1S/C13H14F3N/c14-13(15,16)11-4-1-5-12-10(11)7-9-3-2-6-17(12)8-9/h1,4-5,9H,2-3,6-8H2. The van der Waals surface area contributed by atoms with Crippen molar-refractivity contribution < 1.29 is 13.2 Å². The van der Waals surface area contributed by atoms with E-state index in [0.717, 1.165) is 31.6 Å². The van der Waals surface area contributed by atoms with Crippen molar-refractivity contribution in [2.75, 3.05) is 18.0 Å². The maximum Gasteiger partial charge on any atom is 0.416 e. The van der Waals surface area contributed by atoms with Gasteiger partial charge in [-0.05, 0) is 42.9 Å². The van der Waals surface area contributed by atoms with Crippen LogP contribution in [0.25, 0.3) is 0 Å². The second kappa shape index (κ2) is 3.65. The number of halogens is 3. The minimum atomic E-state index is -4.22. The molecule has 0 spiro atoms. The summed E-state index contributed by atoms with van der Waals surface area (Å²) in [6.07, 6.45) is -1.48. The first kappa shape index (κ1) is 10.9. The molecule has 3 rings (SSSR count). The van der Waals surface area contributed by atoms with Gasteiger partial charge in [0.15, 0.2) is 0 Å². The molecule has 2 aliphatic rings. The predicted molar refractivity (Wildman–Crippen MR) is 60.1 cm³/mol. The SMILES string of the molecule is FC(F)(F)c1cccc2c1CC1CCCN2C1. The Balaban J connectivity index is 2.11. The third-order valence-electron chi connectivity index (χ3n) is 3.81. The van der Waals surface area contributed by atoms with Crippen molar-refractivity contribution in [1.29, 1.82) is 0 Å². The fourth-order valence-electron chi connectivity index (χ4n) is 3.09. The molecule has 2 bridgehead atoms. The van der Waals surface area contributed by atoms with Crippen LogP contribution in [0.5, 0.6) is 0 Å². The van der Waals surface area contributed by atoms with E-state index in [1.165, 1.54) is 12.1 Å². The quantitative estimate of drug-likeness (QED) is 0.672. The molecule has 0 radical (unpaired) electrons. The summed E-state index contributed by atoms with van der Waals surface area (Å²) in [7, 11) is 0. The molecule has 1 nitrogen and oxygen atoms in total. The molecule has 2 aliphatic heterocycles. The predicted octanol–water partition coefficient (Wildman–Crippen LogP) is 3.48. The van der Waals surface area contributed by atoms with Gasteiger partial charge in [-0.3, -0.25) is 0 Å². The molecular weight excluding hydrogens is 227 g/mol. The molecule has 1 saturated heterocycles. The second-order valence-electron chi connectivity index (χ2n) is 4.96. The minimum absolute atomic E-state index is 0.403. The average molecular weight is 241 g/mol. The molecule has 4 heteroatoms. The van der Waals surface area contributed by atoms with Gasteiger partial charge in [0, 0.05) is 18.8 Å². The number of fused-ring (bicyclic) bond motifs is 4. The van der Waals surface area contributed by atoms with Crippen LogP contribution in [0.15, 0.2) is 18.2 Å². The number of benzene rings is 1. The van der Waals surface area contributed by atoms with Crippen molar-refractivity contribution in [3.05, 3.63) is 29.3 Å². The maximum atomic E-state index is 12.9. The molecule has 0 saturated carbocycles. The average Bonchev–Trinajstić information content (AvgIpc) is 2.27. The van der Waals surface area contributed by atoms with Gasteiger partial charge in [0.05, 0.1) is 5.56 Å². The van der Waals surface area contributed by atoms with E-state index in [4.69, 9.17) is 0 Å². The van der Waals surface area contributed by atoms with Crippen LogP contribution < -0.4 is 4.90 Å². The van der Waals surface area contributed by atoms with Crippen LogP contribution in [-0.2, 0) is 12.6 Å². The largest absolute Gasteiger partial charge is 0.416 e. The van der Waals surface area contributed by atoms with Crippen LogP contribution in [0.3, 0.4) is 0 Å². The first-order chi connectivity index (χ1) is 8.05. The smallest absolute Gasteiger partial charge is 0.371 e. The summed E-state index contributed by atoms with van der Waals surface area (Å²) in [5.74, 6) is 0.403. The van der Waals surface area contributed by atoms with Gasteiger partial charge in [0.25, 0.3) is 0 Å². The number of anilines is 1. The van der Waals surface area contributed by atoms with E-state index in [-0.39, 0.29) is 0 Å². The molecule has 0 N–H and O–H groups in total. The molecule has 92 valence electrons. The van der Waals surface area contributed by atoms with Gasteiger partial charge < -0.3 is 4.90 Å². The van der Waals surface area contributed by atoms with Gasteiger partial charge in [-0.1, -0.05) is 6.07 Å². The Hall–Kier alpha value is -1.19. The zero-order valence-corrected chi connectivity index (χ0v) is 9.43. The van der Waals surface area contributed by atoms with Crippen LogP contribution in [0.4, 0.5) is 18.9 Å². The molecule has 17 heavy (non-hydrogen) atoms. The summed E-state index contributed by atoms with van der Waals surface area (Å²) in [5, 5.41) is 0. The Labute approximate surface area is 98.2 Å². The summed E-state index contributed by atoms with van der Waals surface area (Å²) in [6, 6.07) is 4.56. The molecule has 0 amide bonds. The van der Waals surface area contributed by atoms with Gasteiger partial charge in [0.1, 0.15) is 0 Å². The maximum absolute atomic E-state index is 12.9. The fourth-order valence-corrected chi connectivity index (χ4v) is 3.09. The Bertz CT molecular complexity index is 439. The van der Waals surface area contributed by atoms with E-state index in [1.807, 2.05) is 6.07 Å². The van der Waals surface area contributed by atoms with Gasteiger partial charge >= 0.3 is 6.18 Å². The van der Waals surface area contributed by atoms with Crippen LogP contribution in [0.1, 0.15) is 24.0 Å². The topological polar surface area (TPSA) is 3.24 Å². The second-order valence-corrected chi connectivity index (χ2v) is 4.96. The van der Waals surface area contributed by atoms with E-state index < -0.39 is 11.7 Å². The highest BCUT2D eigenvalue weighted by atomic mass is 19.4. The number of nitrogens with zero attached hydrogens (tertiary/aromatic N) is 1. The highest BCUT2D eigenvalue weighted by Crippen LogP contribution is 2.42. The Morgan fingerprint density at radius 1 is 1.24 bits per heavy atom. The summed E-state index contributed by atoms with van der Waals surface area (Å²) in [6.45, 7) is 1.82. The first-order valence-electron chi connectivity index (χ1n) is 6.00. The Morgan fingerprint density at radius 3 is 2.82 bits per heavy atom. The Kier molecular flexibility index (Phi) is 2.35. The monoisotopic (exact) mass is 241 g/mol. The van der Waals surface area contributed by atoms with E-state index in [9.17, 15) is 13.2 Å². The van der Waals surface area contributed by atoms with Crippen molar-refractivity contribution in [3.8, 4) is 0 Å². The van der Waals surface area contributed by atoms with E-state index in [1.54, 1.807) is 0 Å². The molecule has 1 aromatic rings. The molecule has 1 unspecified atom stereocenters. The number of rotatable bonds is 0. The molecule has 2 heterocycles. The van der Waals surface area contributed by atoms with E-state index in [0.29, 0.717) is 17.9 Å². The lowest BCUT2D eigenvalue weighted by Crippen LogP contribution is -2.41. The lowest BCUT2D eigenvalue weighted by Gasteiger charge is -2.41. The highest BCUT2D eigenvalue weighted by molar-refractivity contribution is 5.60. The minimum Gasteiger partial charge on any atom is -0.371 e. The molecule has 0 aromatic heterocycles. The molecule has 1 atom stereocenters. The van der Waals surface area contributed by atoms with Crippen molar-refractivity contribution in [2.24, 2.45) is 5.92 Å². The van der Waals surface area contributed by atoms with E-state index >= 15 is 0 Å². The zero-order chi connectivity index (χ0) is 12.0. The van der Waals surface area contributed by atoms with Crippen molar-refractivity contribution in [2.45, 2.75) is 25.4 Å². The van der Waals surface area contributed by atoms with Crippen LogP contribution in [0, 0.1) is 5.92 Å². The lowest BCUT2D eigenvalue weighted by molar-refractivity contribution is -0.138. The zero-order valence-electron chi connectivity index (χ0n) is 9.43. The summed E-state index contributed by atoms with van der Waals surface area (Å²) >= 11 is 0. The molecule has 0 aliphatic carbocycles. The summed E-state index contributed by atoms with van der Waals surface area (Å²) in [4.78, 5) is 2.11. The summed E-state index contributed by atoms with van der Waals surface area (Å²) < 4.78 is 38.8. The van der Waals surface area contributed by atoms with Gasteiger partial charge in [-0.15, -0.1) is 0 Å². The number of hydrogen-bond acceptors (Lipinski definition) is 1.